The van der Waals surface area contributed by atoms with E-state index in [1.807, 2.05) is 42.5 Å². The van der Waals surface area contributed by atoms with Crippen LogP contribution in [0.2, 0.25) is 0 Å². The number of hydrogen-bond donors (Lipinski definition) is 1. The zero-order valence-corrected chi connectivity index (χ0v) is 8.47. The summed E-state index contributed by atoms with van der Waals surface area (Å²) in [5, 5.41) is 0. The van der Waals surface area contributed by atoms with Crippen LogP contribution >= 0.6 is 0 Å². The van der Waals surface area contributed by atoms with Gasteiger partial charge in [-0.05, 0) is 18.2 Å². The standard InChI is InChI=1S/C12H12N2O/c1-15-14-12-8-3-2-6-10(12)11-7-4-5-9-13-11/h2-9,14H,1H3. The molecule has 1 aromatic heterocycles. The number of hydrogen-bond acceptors (Lipinski definition) is 3. The summed E-state index contributed by atoms with van der Waals surface area (Å²) in [5.41, 5.74) is 5.71. The fraction of sp³-hybridized carbons (Fsp3) is 0.0833. The second-order valence-electron chi connectivity index (χ2n) is 3.07. The summed E-state index contributed by atoms with van der Waals surface area (Å²) in [6.45, 7) is 0. The molecule has 0 saturated heterocycles. The van der Waals surface area contributed by atoms with Gasteiger partial charge in [-0.2, -0.15) is 0 Å². The lowest BCUT2D eigenvalue weighted by molar-refractivity contribution is 0.271. The Labute approximate surface area is 88.7 Å². The molecule has 0 bridgehead atoms. The summed E-state index contributed by atoms with van der Waals surface area (Å²) in [6, 6.07) is 13.7. The average molecular weight is 200 g/mol. The predicted molar refractivity (Wildman–Crippen MR) is 60.3 cm³/mol. The molecular formula is C12H12N2O. The van der Waals surface area contributed by atoms with Crippen LogP contribution in [0.3, 0.4) is 0 Å². The van der Waals surface area contributed by atoms with Crippen molar-refractivity contribution < 1.29 is 4.84 Å². The van der Waals surface area contributed by atoms with Crippen LogP contribution in [0.1, 0.15) is 0 Å². The zero-order chi connectivity index (χ0) is 10.5. The van der Waals surface area contributed by atoms with Crippen LogP contribution in [0.5, 0.6) is 0 Å². The predicted octanol–water partition coefficient (Wildman–Crippen LogP) is 2.72. The number of pyridine rings is 1. The second-order valence-corrected chi connectivity index (χ2v) is 3.07. The number of para-hydroxylation sites is 1. The van der Waals surface area contributed by atoms with E-state index in [2.05, 4.69) is 10.5 Å². The molecule has 0 aliphatic rings. The van der Waals surface area contributed by atoms with Crippen LogP contribution in [0, 0.1) is 0 Å². The van der Waals surface area contributed by atoms with E-state index in [4.69, 9.17) is 4.84 Å². The molecule has 15 heavy (non-hydrogen) atoms. The third kappa shape index (κ3) is 2.14. The largest absolute Gasteiger partial charge is 0.279 e. The molecule has 0 amide bonds. The highest BCUT2D eigenvalue weighted by Crippen LogP contribution is 2.25. The molecule has 2 rings (SSSR count). The molecule has 1 aromatic carbocycles. The Bertz CT molecular complexity index is 429. The number of aromatic nitrogens is 1. The van der Waals surface area contributed by atoms with E-state index in [0.29, 0.717) is 0 Å². The number of benzene rings is 1. The lowest BCUT2D eigenvalue weighted by atomic mass is 10.1. The highest BCUT2D eigenvalue weighted by molar-refractivity contribution is 5.74. The summed E-state index contributed by atoms with van der Waals surface area (Å²) in [7, 11) is 1.59. The Hall–Kier alpha value is -1.87. The molecule has 0 saturated carbocycles. The quantitative estimate of drug-likeness (QED) is 0.773. The molecule has 0 aliphatic carbocycles. The Morgan fingerprint density at radius 2 is 1.87 bits per heavy atom. The Balaban J connectivity index is 2.43. The van der Waals surface area contributed by atoms with Crippen molar-refractivity contribution in [2.45, 2.75) is 0 Å². The van der Waals surface area contributed by atoms with Gasteiger partial charge < -0.3 is 0 Å². The third-order valence-electron chi connectivity index (χ3n) is 2.08. The van der Waals surface area contributed by atoms with E-state index < -0.39 is 0 Å². The zero-order valence-electron chi connectivity index (χ0n) is 8.47. The maximum atomic E-state index is 4.91. The van der Waals surface area contributed by atoms with Gasteiger partial charge in [0.05, 0.1) is 18.5 Å². The first kappa shape index (κ1) is 9.68. The first-order valence-corrected chi connectivity index (χ1v) is 4.71. The molecule has 0 radical (unpaired) electrons. The fourth-order valence-electron chi connectivity index (χ4n) is 1.43. The maximum absolute atomic E-state index is 4.91. The maximum Gasteiger partial charge on any atom is 0.0723 e. The number of nitrogens with one attached hydrogen (secondary N) is 1. The molecule has 0 atom stereocenters. The van der Waals surface area contributed by atoms with Gasteiger partial charge in [0.2, 0.25) is 0 Å². The van der Waals surface area contributed by atoms with Crippen molar-refractivity contribution >= 4 is 5.69 Å². The molecule has 1 N–H and O–H groups in total. The summed E-state index contributed by atoms with van der Waals surface area (Å²) in [4.78, 5) is 9.21. The molecule has 0 spiro atoms. The Kier molecular flexibility index (Phi) is 2.95. The lowest BCUT2D eigenvalue weighted by Crippen LogP contribution is -1.97. The van der Waals surface area contributed by atoms with E-state index >= 15 is 0 Å². The van der Waals surface area contributed by atoms with Gasteiger partial charge in [0, 0.05) is 11.8 Å². The Morgan fingerprint density at radius 3 is 2.60 bits per heavy atom. The Morgan fingerprint density at radius 1 is 1.07 bits per heavy atom. The van der Waals surface area contributed by atoms with Gasteiger partial charge in [0.15, 0.2) is 0 Å². The fourth-order valence-corrected chi connectivity index (χ4v) is 1.43. The summed E-state index contributed by atoms with van der Waals surface area (Å²) >= 11 is 0. The van der Waals surface area contributed by atoms with E-state index in [0.717, 1.165) is 16.9 Å². The molecule has 2 aromatic rings. The van der Waals surface area contributed by atoms with Crippen LogP contribution in [0.25, 0.3) is 11.3 Å². The summed E-state index contributed by atoms with van der Waals surface area (Å²) in [5.74, 6) is 0. The normalized spacial score (nSPS) is 9.93. The number of rotatable bonds is 3. The van der Waals surface area contributed by atoms with Crippen molar-refractivity contribution in [2.24, 2.45) is 0 Å². The highest BCUT2D eigenvalue weighted by Gasteiger charge is 2.03. The van der Waals surface area contributed by atoms with Crippen molar-refractivity contribution in [2.75, 3.05) is 12.6 Å². The highest BCUT2D eigenvalue weighted by atomic mass is 16.6. The topological polar surface area (TPSA) is 34.1 Å². The SMILES string of the molecule is CONc1ccccc1-c1ccccn1. The van der Waals surface area contributed by atoms with Gasteiger partial charge in [-0.25, -0.2) is 0 Å². The molecule has 3 heteroatoms. The molecule has 76 valence electrons. The van der Waals surface area contributed by atoms with E-state index in [1.165, 1.54) is 0 Å². The molecule has 0 fully saturated rings. The van der Waals surface area contributed by atoms with Gasteiger partial charge in [-0.15, -0.1) is 0 Å². The minimum atomic E-state index is 0.915. The number of nitrogens with zero attached hydrogens (tertiary/aromatic N) is 1. The summed E-state index contributed by atoms with van der Waals surface area (Å²) < 4.78 is 0. The minimum absolute atomic E-state index is 0.915. The smallest absolute Gasteiger partial charge is 0.0723 e. The molecular weight excluding hydrogens is 188 g/mol. The molecule has 1 heterocycles. The van der Waals surface area contributed by atoms with Crippen LogP contribution in [0.15, 0.2) is 48.7 Å². The van der Waals surface area contributed by atoms with E-state index in [9.17, 15) is 0 Å². The van der Waals surface area contributed by atoms with Crippen molar-refractivity contribution in [3.63, 3.8) is 0 Å². The number of anilines is 1. The van der Waals surface area contributed by atoms with Gasteiger partial charge in [0.1, 0.15) is 0 Å². The van der Waals surface area contributed by atoms with Gasteiger partial charge in [-0.3, -0.25) is 15.3 Å². The molecule has 3 nitrogen and oxygen atoms in total. The first-order chi connectivity index (χ1) is 7.42. The van der Waals surface area contributed by atoms with Crippen LogP contribution in [-0.2, 0) is 4.84 Å². The second kappa shape index (κ2) is 4.57. The van der Waals surface area contributed by atoms with Crippen LogP contribution in [0.4, 0.5) is 5.69 Å². The van der Waals surface area contributed by atoms with E-state index in [-0.39, 0.29) is 0 Å². The monoisotopic (exact) mass is 200 g/mol. The van der Waals surface area contributed by atoms with Gasteiger partial charge >= 0.3 is 0 Å². The minimum Gasteiger partial charge on any atom is -0.279 e. The first-order valence-electron chi connectivity index (χ1n) is 4.71. The van der Waals surface area contributed by atoms with E-state index in [1.54, 1.807) is 13.3 Å². The third-order valence-corrected chi connectivity index (χ3v) is 2.08. The van der Waals surface area contributed by atoms with Crippen molar-refractivity contribution in [3.05, 3.63) is 48.7 Å². The molecule has 0 unspecified atom stereocenters. The van der Waals surface area contributed by atoms with Gasteiger partial charge in [-0.1, -0.05) is 24.3 Å². The van der Waals surface area contributed by atoms with Crippen molar-refractivity contribution in [1.29, 1.82) is 0 Å². The lowest BCUT2D eigenvalue weighted by Gasteiger charge is -2.08. The van der Waals surface area contributed by atoms with Crippen LogP contribution in [-0.4, -0.2) is 12.1 Å². The van der Waals surface area contributed by atoms with Crippen molar-refractivity contribution in [1.82, 2.24) is 4.98 Å². The van der Waals surface area contributed by atoms with Gasteiger partial charge in [0.25, 0.3) is 0 Å². The summed E-state index contributed by atoms with van der Waals surface area (Å²) in [6.07, 6.45) is 1.78. The average Bonchev–Trinajstić information content (AvgIpc) is 2.31. The molecule has 0 aliphatic heterocycles. The van der Waals surface area contributed by atoms with Crippen LogP contribution < -0.4 is 5.48 Å². The van der Waals surface area contributed by atoms with Crippen molar-refractivity contribution in [3.8, 4) is 11.3 Å².